The topological polar surface area (TPSA) is 74.6 Å². The molecule has 2 N–H and O–H groups in total. The van der Waals surface area contributed by atoms with E-state index in [0.717, 1.165) is 31.3 Å². The third kappa shape index (κ3) is 5.54. The number of rotatable bonds is 5. The zero-order chi connectivity index (χ0) is 24.6. The van der Waals surface area contributed by atoms with Crippen LogP contribution in [0.25, 0.3) is 0 Å². The van der Waals surface area contributed by atoms with Gasteiger partial charge in [0, 0.05) is 0 Å². The van der Waals surface area contributed by atoms with E-state index in [1.165, 1.54) is 38.0 Å². The van der Waals surface area contributed by atoms with E-state index in [-0.39, 0.29) is 11.3 Å². The monoisotopic (exact) mass is 480 g/mol. The second-order valence-corrected chi connectivity index (χ2v) is 14.1. The highest BCUT2D eigenvalue weighted by Crippen LogP contribution is 2.57. The molecule has 5 atom stereocenters. The maximum Gasteiger partial charge on any atom is 0.211 e. The Morgan fingerprint density at radius 1 is 1.24 bits per heavy atom. The van der Waals surface area contributed by atoms with E-state index in [1.54, 1.807) is 0 Å². The van der Waals surface area contributed by atoms with Crippen LogP contribution in [0.4, 0.5) is 4.39 Å². The summed E-state index contributed by atoms with van der Waals surface area (Å²) < 4.78 is 38.1. The second-order valence-electron chi connectivity index (χ2n) is 11.5. The van der Waals surface area contributed by atoms with Crippen molar-refractivity contribution in [2.75, 3.05) is 0 Å². The minimum Gasteiger partial charge on any atom is -0.393 e. The van der Waals surface area contributed by atoms with Crippen molar-refractivity contribution in [1.29, 1.82) is 0 Å². The van der Waals surface area contributed by atoms with Crippen LogP contribution in [0.5, 0.6) is 0 Å². The van der Waals surface area contributed by atoms with Crippen molar-refractivity contribution in [2.45, 2.75) is 103 Å². The minimum atomic E-state index is -3.95. The van der Waals surface area contributed by atoms with Crippen LogP contribution in [0.1, 0.15) is 86.0 Å². The summed E-state index contributed by atoms with van der Waals surface area (Å²) in [5, 5.41) is 18.9. The Morgan fingerprint density at radius 3 is 2.48 bits per heavy atom. The van der Waals surface area contributed by atoms with Crippen LogP contribution in [-0.2, 0) is 9.84 Å². The van der Waals surface area contributed by atoms with Crippen molar-refractivity contribution < 1.29 is 23.0 Å². The largest absolute Gasteiger partial charge is 0.393 e. The van der Waals surface area contributed by atoms with Crippen molar-refractivity contribution in [3.63, 3.8) is 0 Å². The molecule has 0 saturated heterocycles. The van der Waals surface area contributed by atoms with Crippen molar-refractivity contribution >= 4 is 9.84 Å². The summed E-state index contributed by atoms with van der Waals surface area (Å²) in [6, 6.07) is 0. The number of hydrogen-bond donors (Lipinski definition) is 2. The summed E-state index contributed by atoms with van der Waals surface area (Å²) in [5.74, 6) is 0.466. The van der Waals surface area contributed by atoms with Crippen LogP contribution < -0.4 is 0 Å². The summed E-state index contributed by atoms with van der Waals surface area (Å²) in [5.41, 5.74) is 3.81. The molecule has 2 fully saturated rings. The highest BCUT2D eigenvalue weighted by molar-refractivity contribution is 7.96. The molecular weight excluding hydrogens is 439 g/mol. The lowest BCUT2D eigenvalue weighted by molar-refractivity contribution is 0.0609. The van der Waals surface area contributed by atoms with Gasteiger partial charge in [0.25, 0.3) is 0 Å². The van der Waals surface area contributed by atoms with Gasteiger partial charge in [0.1, 0.15) is 0 Å². The molecule has 0 bridgehead atoms. The van der Waals surface area contributed by atoms with Crippen LogP contribution in [0.3, 0.4) is 0 Å². The number of sulfone groups is 1. The van der Waals surface area contributed by atoms with Gasteiger partial charge in [-0.05, 0) is 95.5 Å². The zero-order valence-corrected chi connectivity index (χ0v) is 21.6. The molecule has 3 aliphatic carbocycles. The highest BCUT2D eigenvalue weighted by atomic mass is 32.2. The fourth-order valence-corrected chi connectivity index (χ4v) is 6.85. The standard InChI is InChI=1S/C27H41FO4S/c1-18(8-13-25(28)33(31,32)26(2,3)4)23-11-12-24-20(7-6-14-27(23,24)5)10-9-19-15-21(29)17-22(30)16-19/h9-11,13,18,21-22,24,29-30H,6-8,12,14-17H2,1-5H3/b20-10+,25-13-/t18-,21-,22-,24+,27-/m1/s1. The Hall–Kier alpha value is -1.24. The first kappa shape index (κ1) is 26.4. The number of halogens is 1. The van der Waals surface area contributed by atoms with Gasteiger partial charge < -0.3 is 10.2 Å². The third-order valence-electron chi connectivity index (χ3n) is 7.91. The van der Waals surface area contributed by atoms with Gasteiger partial charge in [-0.3, -0.25) is 0 Å². The fourth-order valence-electron chi connectivity index (χ4n) is 5.94. The normalized spacial score (nSPS) is 33.6. The van der Waals surface area contributed by atoms with E-state index >= 15 is 0 Å². The van der Waals surface area contributed by atoms with E-state index in [0.29, 0.717) is 31.6 Å². The first-order valence-corrected chi connectivity index (χ1v) is 13.8. The maximum absolute atomic E-state index is 14.5. The predicted octanol–water partition coefficient (Wildman–Crippen LogP) is 5.93. The van der Waals surface area contributed by atoms with Crippen LogP contribution >= 0.6 is 0 Å². The number of allylic oxidation sites excluding steroid dienone is 6. The van der Waals surface area contributed by atoms with Crippen LogP contribution in [0.15, 0.2) is 46.2 Å². The average molecular weight is 481 g/mol. The first-order chi connectivity index (χ1) is 15.3. The third-order valence-corrected chi connectivity index (χ3v) is 10.2. The van der Waals surface area contributed by atoms with E-state index < -0.39 is 32.0 Å². The summed E-state index contributed by atoms with van der Waals surface area (Å²) in [6.07, 6.45) is 13.1. The lowest BCUT2D eigenvalue weighted by Gasteiger charge is -2.42. The van der Waals surface area contributed by atoms with Gasteiger partial charge in [-0.25, -0.2) is 8.42 Å². The van der Waals surface area contributed by atoms with Gasteiger partial charge >= 0.3 is 0 Å². The number of hydrogen-bond acceptors (Lipinski definition) is 4. The smallest absolute Gasteiger partial charge is 0.211 e. The Labute approximate surface area is 199 Å². The molecule has 0 heterocycles. The lowest BCUT2D eigenvalue weighted by atomic mass is 9.62. The van der Waals surface area contributed by atoms with E-state index in [4.69, 9.17) is 0 Å². The molecule has 186 valence electrons. The molecule has 4 nitrogen and oxygen atoms in total. The Balaban J connectivity index is 1.74. The summed E-state index contributed by atoms with van der Waals surface area (Å²) in [6.45, 7) is 8.92. The summed E-state index contributed by atoms with van der Waals surface area (Å²) in [4.78, 5) is 0. The minimum absolute atomic E-state index is 0.000811. The molecule has 0 radical (unpaired) electrons. The molecule has 6 heteroatoms. The first-order valence-electron chi connectivity index (χ1n) is 12.3. The molecule has 0 aromatic rings. The van der Waals surface area contributed by atoms with Crippen LogP contribution in [0.2, 0.25) is 0 Å². The molecule has 3 rings (SSSR count). The van der Waals surface area contributed by atoms with Gasteiger partial charge in [-0.1, -0.05) is 48.8 Å². The Bertz CT molecular complexity index is 955. The molecule has 0 aromatic carbocycles. The SMILES string of the molecule is C[C@H](C/C=C(/F)S(=O)(=O)C(C)(C)C)C1=CC[C@H]2/C(=C/C=C3C[C@@H](O)C[C@H](O)C3)CCC[C@]12C. The maximum atomic E-state index is 14.5. The van der Waals surface area contributed by atoms with Crippen molar-refractivity contribution in [2.24, 2.45) is 17.3 Å². The van der Waals surface area contributed by atoms with E-state index in [1.807, 2.05) is 0 Å². The molecule has 33 heavy (non-hydrogen) atoms. The summed E-state index contributed by atoms with van der Waals surface area (Å²) in [7, 11) is -3.95. The van der Waals surface area contributed by atoms with E-state index in [9.17, 15) is 23.0 Å². The molecule has 3 aliphatic rings. The highest BCUT2D eigenvalue weighted by Gasteiger charge is 2.46. The molecule has 0 amide bonds. The summed E-state index contributed by atoms with van der Waals surface area (Å²) >= 11 is 0. The van der Waals surface area contributed by atoms with Gasteiger partial charge in [0.15, 0.2) is 0 Å². The van der Waals surface area contributed by atoms with Gasteiger partial charge in [0.2, 0.25) is 15.0 Å². The Kier molecular flexibility index (Phi) is 7.82. The Morgan fingerprint density at radius 2 is 1.88 bits per heavy atom. The molecular formula is C27H41FO4S. The second kappa shape index (κ2) is 9.79. The van der Waals surface area contributed by atoms with E-state index in [2.05, 4.69) is 32.1 Å². The molecule has 0 aromatic heterocycles. The zero-order valence-electron chi connectivity index (χ0n) is 20.8. The molecule has 2 saturated carbocycles. The van der Waals surface area contributed by atoms with Crippen molar-refractivity contribution in [3.8, 4) is 0 Å². The average Bonchev–Trinajstić information content (AvgIpc) is 3.06. The van der Waals surface area contributed by atoms with Gasteiger partial charge in [-0.2, -0.15) is 4.39 Å². The van der Waals surface area contributed by atoms with Crippen LogP contribution in [0, 0.1) is 17.3 Å². The number of fused-ring (bicyclic) bond motifs is 1. The van der Waals surface area contributed by atoms with Crippen LogP contribution in [-0.4, -0.2) is 35.6 Å². The number of aliphatic hydroxyl groups excluding tert-OH is 2. The quantitative estimate of drug-likeness (QED) is 0.478. The van der Waals surface area contributed by atoms with Crippen molar-refractivity contribution in [1.82, 2.24) is 0 Å². The molecule has 0 aliphatic heterocycles. The fraction of sp³-hybridized carbons (Fsp3) is 0.704. The van der Waals surface area contributed by atoms with Crippen molar-refractivity contribution in [3.05, 3.63) is 46.2 Å². The lowest BCUT2D eigenvalue weighted by Crippen LogP contribution is -2.32. The predicted molar refractivity (Wildman–Crippen MR) is 132 cm³/mol. The van der Waals surface area contributed by atoms with Gasteiger partial charge in [0.05, 0.1) is 17.0 Å². The molecule has 0 unspecified atom stereocenters. The number of aliphatic hydroxyl groups is 2. The van der Waals surface area contributed by atoms with Gasteiger partial charge in [-0.15, -0.1) is 0 Å². The molecule has 0 spiro atoms.